The molecule has 0 saturated heterocycles. The number of benzene rings is 1. The molecule has 0 saturated carbocycles. The van der Waals surface area contributed by atoms with Gasteiger partial charge in [0.05, 0.1) is 24.2 Å². The Balaban J connectivity index is 1.38. The van der Waals surface area contributed by atoms with Gasteiger partial charge in [-0.15, -0.1) is 22.7 Å². The molecule has 3 aromatic heterocycles. The normalized spacial score (nSPS) is 10.7. The molecule has 1 aromatic carbocycles. The van der Waals surface area contributed by atoms with Crippen LogP contribution in [0.4, 0.5) is 0 Å². The van der Waals surface area contributed by atoms with Crippen LogP contribution in [0, 0.1) is 0 Å². The zero-order valence-corrected chi connectivity index (χ0v) is 17.7. The molecule has 0 aliphatic rings. The first-order chi connectivity index (χ1) is 14.6. The molecule has 3 heterocycles. The first kappa shape index (κ1) is 20.0. The fraction of sp³-hybridized carbons (Fsp3) is 0.143. The summed E-state index contributed by atoms with van der Waals surface area (Å²) in [5.41, 5.74) is 2.09. The number of rotatable bonds is 7. The van der Waals surface area contributed by atoms with Crippen LogP contribution >= 0.6 is 22.7 Å². The van der Waals surface area contributed by atoms with Crippen molar-refractivity contribution in [2.75, 3.05) is 7.11 Å². The number of thiazole rings is 1. The summed E-state index contributed by atoms with van der Waals surface area (Å²) in [5, 5.41) is 11.8. The molecule has 4 rings (SSSR count). The van der Waals surface area contributed by atoms with Crippen LogP contribution in [0.15, 0.2) is 64.1 Å². The number of nitrogens with one attached hydrogen (secondary N) is 1. The van der Waals surface area contributed by atoms with Gasteiger partial charge in [0.25, 0.3) is 5.56 Å². The van der Waals surface area contributed by atoms with Crippen LogP contribution in [-0.2, 0) is 17.9 Å². The van der Waals surface area contributed by atoms with Gasteiger partial charge in [-0.3, -0.25) is 9.59 Å². The summed E-state index contributed by atoms with van der Waals surface area (Å²) in [4.78, 5) is 29.9. The van der Waals surface area contributed by atoms with E-state index >= 15 is 0 Å². The van der Waals surface area contributed by atoms with Gasteiger partial charge < -0.3 is 10.1 Å². The summed E-state index contributed by atoms with van der Waals surface area (Å²) >= 11 is 3.03. The maximum absolute atomic E-state index is 12.3. The Labute approximate surface area is 180 Å². The molecule has 9 heteroatoms. The van der Waals surface area contributed by atoms with Gasteiger partial charge in [-0.05, 0) is 41.8 Å². The second-order valence-corrected chi connectivity index (χ2v) is 8.15. The lowest BCUT2D eigenvalue weighted by molar-refractivity contribution is -0.122. The molecule has 4 aromatic rings. The monoisotopic (exact) mass is 438 g/mol. The van der Waals surface area contributed by atoms with E-state index in [1.165, 1.54) is 33.4 Å². The molecule has 0 fully saturated rings. The van der Waals surface area contributed by atoms with E-state index in [2.05, 4.69) is 15.4 Å². The van der Waals surface area contributed by atoms with Gasteiger partial charge in [0, 0.05) is 17.0 Å². The van der Waals surface area contributed by atoms with Crippen LogP contribution in [0.5, 0.6) is 5.75 Å². The number of carbonyl (C=O) groups is 1. The van der Waals surface area contributed by atoms with Crippen molar-refractivity contribution in [2.45, 2.75) is 13.1 Å². The van der Waals surface area contributed by atoms with E-state index in [1.54, 1.807) is 13.2 Å². The highest BCUT2D eigenvalue weighted by atomic mass is 32.1. The van der Waals surface area contributed by atoms with Crippen molar-refractivity contribution in [1.82, 2.24) is 20.1 Å². The maximum Gasteiger partial charge on any atom is 0.267 e. The van der Waals surface area contributed by atoms with Crippen molar-refractivity contribution < 1.29 is 9.53 Å². The molecule has 30 heavy (non-hydrogen) atoms. The molecule has 152 valence electrons. The van der Waals surface area contributed by atoms with Gasteiger partial charge >= 0.3 is 0 Å². The highest BCUT2D eigenvalue weighted by Crippen LogP contribution is 2.25. The van der Waals surface area contributed by atoms with Gasteiger partial charge in [-0.25, -0.2) is 9.67 Å². The average molecular weight is 439 g/mol. The molecule has 0 atom stereocenters. The summed E-state index contributed by atoms with van der Waals surface area (Å²) in [5.74, 6) is 0.488. The van der Waals surface area contributed by atoms with E-state index in [0.717, 1.165) is 26.9 Å². The van der Waals surface area contributed by atoms with E-state index in [9.17, 15) is 9.59 Å². The van der Waals surface area contributed by atoms with Crippen LogP contribution in [0.2, 0.25) is 0 Å². The van der Waals surface area contributed by atoms with Gasteiger partial charge in [0.1, 0.15) is 23.0 Å². The van der Waals surface area contributed by atoms with E-state index in [0.29, 0.717) is 5.69 Å². The first-order valence-corrected chi connectivity index (χ1v) is 10.9. The second-order valence-electron chi connectivity index (χ2n) is 6.34. The summed E-state index contributed by atoms with van der Waals surface area (Å²) in [6, 6.07) is 14.6. The largest absolute Gasteiger partial charge is 0.497 e. The van der Waals surface area contributed by atoms with Crippen LogP contribution in [0.1, 0.15) is 5.69 Å². The van der Waals surface area contributed by atoms with E-state index in [-0.39, 0.29) is 24.6 Å². The highest BCUT2D eigenvalue weighted by Gasteiger charge is 2.10. The number of aromatic nitrogens is 3. The number of amides is 1. The fourth-order valence-electron chi connectivity index (χ4n) is 2.75. The smallest absolute Gasteiger partial charge is 0.267 e. The minimum Gasteiger partial charge on any atom is -0.497 e. The van der Waals surface area contributed by atoms with Gasteiger partial charge in [-0.2, -0.15) is 5.10 Å². The predicted molar refractivity (Wildman–Crippen MR) is 118 cm³/mol. The third-order valence-electron chi connectivity index (χ3n) is 4.29. The van der Waals surface area contributed by atoms with Crippen molar-refractivity contribution in [3.63, 3.8) is 0 Å². The van der Waals surface area contributed by atoms with Gasteiger partial charge in [0.15, 0.2) is 0 Å². The third-order valence-corrected chi connectivity index (χ3v) is 6.12. The van der Waals surface area contributed by atoms with E-state index in [4.69, 9.17) is 4.74 Å². The van der Waals surface area contributed by atoms with Crippen LogP contribution in [0.3, 0.4) is 0 Å². The standard InChI is InChI=1S/C21H18N4O3S2/c1-28-16-6-4-14(5-7-16)21-23-15(13-30-21)11-22-19(26)12-25-20(27)9-8-17(24-25)18-3-2-10-29-18/h2-10,13H,11-12H2,1H3,(H,22,26). The highest BCUT2D eigenvalue weighted by molar-refractivity contribution is 7.13. The topological polar surface area (TPSA) is 86.1 Å². The molecule has 0 aliphatic heterocycles. The number of hydrogen-bond acceptors (Lipinski definition) is 7. The molecule has 1 N–H and O–H groups in total. The van der Waals surface area contributed by atoms with Crippen molar-refractivity contribution in [1.29, 1.82) is 0 Å². The van der Waals surface area contributed by atoms with Crippen molar-refractivity contribution >= 4 is 28.6 Å². The number of carbonyl (C=O) groups excluding carboxylic acids is 1. The zero-order valence-electron chi connectivity index (χ0n) is 16.1. The van der Waals surface area contributed by atoms with Crippen LogP contribution in [0.25, 0.3) is 21.1 Å². The number of hydrogen-bond donors (Lipinski definition) is 1. The molecule has 0 unspecified atom stereocenters. The van der Waals surface area contributed by atoms with Crippen molar-refractivity contribution in [3.8, 4) is 26.9 Å². The van der Waals surface area contributed by atoms with Gasteiger partial charge in [0.2, 0.25) is 5.91 Å². The predicted octanol–water partition coefficient (Wildman–Crippen LogP) is 3.42. The molecule has 0 bridgehead atoms. The van der Waals surface area contributed by atoms with E-state index < -0.39 is 0 Å². The Hall–Kier alpha value is -3.30. The summed E-state index contributed by atoms with van der Waals surface area (Å²) in [6.07, 6.45) is 0. The minimum atomic E-state index is -0.319. The molecule has 0 aliphatic carbocycles. The quantitative estimate of drug-likeness (QED) is 0.478. The Bertz CT molecular complexity index is 1200. The molecule has 0 radical (unpaired) electrons. The minimum absolute atomic E-state index is 0.145. The Morgan fingerprint density at radius 2 is 1.97 bits per heavy atom. The fourth-order valence-corrected chi connectivity index (χ4v) is 4.27. The zero-order chi connectivity index (χ0) is 20.9. The number of thiophene rings is 1. The maximum atomic E-state index is 12.3. The lowest BCUT2D eigenvalue weighted by Gasteiger charge is -2.07. The molecule has 1 amide bonds. The summed E-state index contributed by atoms with van der Waals surface area (Å²) in [7, 11) is 1.63. The molecule has 0 spiro atoms. The lowest BCUT2D eigenvalue weighted by atomic mass is 10.2. The van der Waals surface area contributed by atoms with E-state index in [1.807, 2.05) is 47.2 Å². The third kappa shape index (κ3) is 4.64. The molecule has 7 nitrogen and oxygen atoms in total. The number of methoxy groups -OCH3 is 1. The first-order valence-electron chi connectivity index (χ1n) is 9.10. The lowest BCUT2D eigenvalue weighted by Crippen LogP contribution is -2.33. The molecular formula is C21H18N4O3S2. The Morgan fingerprint density at radius 1 is 1.13 bits per heavy atom. The average Bonchev–Trinajstić information content (AvgIpc) is 3.46. The second kappa shape index (κ2) is 9.02. The SMILES string of the molecule is COc1ccc(-c2nc(CNC(=O)Cn3nc(-c4cccs4)ccc3=O)cs2)cc1. The van der Waals surface area contributed by atoms with Crippen LogP contribution in [-0.4, -0.2) is 27.8 Å². The Morgan fingerprint density at radius 3 is 2.70 bits per heavy atom. The van der Waals surface area contributed by atoms with Gasteiger partial charge in [-0.1, -0.05) is 6.07 Å². The summed E-state index contributed by atoms with van der Waals surface area (Å²) < 4.78 is 6.34. The molecular weight excluding hydrogens is 420 g/mol. The Kier molecular flexibility index (Phi) is 6.01. The van der Waals surface area contributed by atoms with Crippen LogP contribution < -0.4 is 15.6 Å². The van der Waals surface area contributed by atoms with Crippen molar-refractivity contribution in [3.05, 3.63) is 75.3 Å². The van der Waals surface area contributed by atoms with Crippen molar-refractivity contribution in [2.24, 2.45) is 0 Å². The summed E-state index contributed by atoms with van der Waals surface area (Å²) in [6.45, 7) is 0.137. The number of nitrogens with zero attached hydrogens (tertiary/aromatic N) is 3. The number of ether oxygens (including phenoxy) is 1.